The normalized spacial score (nSPS) is 37.2. The number of para-hydroxylation sites is 1. The number of cyclic esters (lactones) is 1. The van der Waals surface area contributed by atoms with Crippen LogP contribution in [0.1, 0.15) is 37.6 Å². The number of fused-ring (bicyclic) bond motifs is 1. The molecule has 57 heavy (non-hydrogen) atoms. The summed E-state index contributed by atoms with van der Waals surface area (Å²) in [6.45, 7) is 1.64. The second-order valence-electron chi connectivity index (χ2n) is 13.7. The molecule has 5 aliphatic heterocycles. The first-order valence-electron chi connectivity index (χ1n) is 17.7. The van der Waals surface area contributed by atoms with Gasteiger partial charge in [0.1, 0.15) is 53.9 Å². The van der Waals surface area contributed by atoms with Crippen molar-refractivity contribution in [2.24, 2.45) is 5.92 Å². The topological polar surface area (TPSA) is 312 Å². The third-order valence-corrected chi connectivity index (χ3v) is 9.80. The number of esters is 5. The molecular weight excluding hydrogens is 772 g/mol. The van der Waals surface area contributed by atoms with E-state index in [1.54, 1.807) is 0 Å². The molecule has 6 N–H and O–H groups in total. The zero-order valence-electron chi connectivity index (χ0n) is 30.6. The Labute approximate surface area is 322 Å². The van der Waals surface area contributed by atoms with Crippen molar-refractivity contribution in [3.63, 3.8) is 0 Å². The predicted octanol–water partition coefficient (Wildman–Crippen LogP) is -2.80. The van der Waals surface area contributed by atoms with Crippen molar-refractivity contribution in [2.75, 3.05) is 26.4 Å². The predicted molar refractivity (Wildman–Crippen MR) is 176 cm³/mol. The number of ether oxygens (including phenoxy) is 11. The molecular formula is C35H42O22. The number of carbonyl (C=O) groups excluding carboxylic acids is 5. The van der Waals surface area contributed by atoms with Crippen molar-refractivity contribution in [2.45, 2.75) is 107 Å². The van der Waals surface area contributed by atoms with Crippen molar-refractivity contribution in [1.29, 1.82) is 0 Å². The van der Waals surface area contributed by atoms with Gasteiger partial charge in [-0.25, -0.2) is 9.59 Å². The first-order valence-corrected chi connectivity index (χ1v) is 17.7. The van der Waals surface area contributed by atoms with E-state index in [1.807, 2.05) is 0 Å². The fourth-order valence-corrected chi connectivity index (χ4v) is 6.99. The first-order chi connectivity index (χ1) is 27.0. The summed E-state index contributed by atoms with van der Waals surface area (Å²) in [5, 5.41) is 63.0. The average Bonchev–Trinajstić information content (AvgIpc) is 3.98. The highest BCUT2D eigenvalue weighted by atomic mass is 16.8. The summed E-state index contributed by atoms with van der Waals surface area (Å²) in [7, 11) is 0. The number of rotatable bonds is 12. The Kier molecular flexibility index (Phi) is 12.6. The lowest BCUT2D eigenvalue weighted by Gasteiger charge is -2.48. The second kappa shape index (κ2) is 17.1. The molecule has 0 unspecified atom stereocenters. The minimum atomic E-state index is -1.87. The fraction of sp³-hybridized carbons (Fsp3) is 0.629. The van der Waals surface area contributed by atoms with Crippen LogP contribution < -0.4 is 4.74 Å². The Morgan fingerprint density at radius 2 is 1.54 bits per heavy atom. The van der Waals surface area contributed by atoms with Gasteiger partial charge in [-0.3, -0.25) is 14.4 Å². The third-order valence-electron chi connectivity index (χ3n) is 9.80. The molecule has 0 radical (unpaired) electrons. The smallest absolute Gasteiger partial charge is 0.342 e. The summed E-state index contributed by atoms with van der Waals surface area (Å²) < 4.78 is 61.3. The monoisotopic (exact) mass is 814 g/mol. The Hall–Kier alpha value is -4.65. The van der Waals surface area contributed by atoms with Gasteiger partial charge in [-0.05, 0) is 12.1 Å². The van der Waals surface area contributed by atoms with E-state index in [1.165, 1.54) is 6.07 Å². The summed E-state index contributed by atoms with van der Waals surface area (Å²) in [6.07, 6.45) is -18.4. The van der Waals surface area contributed by atoms with Gasteiger partial charge in [0.2, 0.25) is 18.9 Å². The molecule has 1 aromatic rings. The van der Waals surface area contributed by atoms with Gasteiger partial charge >= 0.3 is 29.8 Å². The molecule has 0 amide bonds. The number of aromatic hydroxyl groups is 1. The third kappa shape index (κ3) is 8.78. The Bertz CT molecular complexity index is 1730. The van der Waals surface area contributed by atoms with Gasteiger partial charge in [-0.15, -0.1) is 0 Å². The van der Waals surface area contributed by atoms with Crippen LogP contribution in [0.3, 0.4) is 0 Å². The van der Waals surface area contributed by atoms with Gasteiger partial charge in [0.25, 0.3) is 0 Å². The molecule has 4 saturated heterocycles. The van der Waals surface area contributed by atoms with Gasteiger partial charge < -0.3 is 82.7 Å². The van der Waals surface area contributed by atoms with Gasteiger partial charge in [-0.1, -0.05) is 6.07 Å². The number of epoxide rings is 1. The van der Waals surface area contributed by atoms with Crippen LogP contribution in [0.2, 0.25) is 0 Å². The number of carbonyl (C=O) groups is 5. The average molecular weight is 815 g/mol. The van der Waals surface area contributed by atoms with E-state index in [0.717, 1.165) is 39.2 Å². The molecule has 22 heteroatoms. The Balaban J connectivity index is 1.30. The fourth-order valence-electron chi connectivity index (χ4n) is 6.99. The van der Waals surface area contributed by atoms with Crippen molar-refractivity contribution >= 4 is 29.8 Å². The molecule has 22 nitrogen and oxygen atoms in total. The van der Waals surface area contributed by atoms with Crippen LogP contribution in [0, 0.1) is 5.92 Å². The van der Waals surface area contributed by atoms with E-state index in [0.29, 0.717) is 0 Å². The van der Waals surface area contributed by atoms with E-state index in [-0.39, 0.29) is 25.2 Å². The SMILES string of the molecule is CC(=O)OC[C@@H]1O[C@@H](O[C@H]2OC=C3C(=O)OCC[C@]3(O)[C@H]2[C@@H]2CO2)[C@H](OC(C)=O)[C@@H](OC(C)=O)[C@@H]1OC(=O)c1cccc(O[C@H]2O[C@@H](CO)[C@H](O)[C@H](O)[C@@H]2O)c1O. The molecule has 6 rings (SSSR count). The second-order valence-corrected chi connectivity index (χ2v) is 13.7. The zero-order valence-corrected chi connectivity index (χ0v) is 30.6. The number of hydrogen-bond acceptors (Lipinski definition) is 22. The van der Waals surface area contributed by atoms with Crippen LogP contribution in [0.4, 0.5) is 0 Å². The molecule has 0 aliphatic carbocycles. The van der Waals surface area contributed by atoms with Gasteiger partial charge in [0.05, 0.1) is 38.1 Å². The highest BCUT2D eigenvalue weighted by Crippen LogP contribution is 2.47. The van der Waals surface area contributed by atoms with Crippen molar-refractivity contribution < 1.29 is 107 Å². The van der Waals surface area contributed by atoms with E-state index in [4.69, 9.17) is 52.1 Å². The van der Waals surface area contributed by atoms with Crippen LogP contribution in [-0.4, -0.2) is 166 Å². The zero-order chi connectivity index (χ0) is 41.3. The summed E-state index contributed by atoms with van der Waals surface area (Å²) in [4.78, 5) is 63.4. The quantitative estimate of drug-likeness (QED) is 0.0705. The molecule has 314 valence electrons. The largest absolute Gasteiger partial charge is 0.504 e. The molecule has 5 heterocycles. The number of benzene rings is 1. The highest BCUT2D eigenvalue weighted by molar-refractivity contribution is 5.93. The van der Waals surface area contributed by atoms with Crippen LogP contribution in [0.15, 0.2) is 30.0 Å². The maximum atomic E-state index is 13.8. The number of phenols is 1. The van der Waals surface area contributed by atoms with Crippen LogP contribution >= 0.6 is 0 Å². The number of hydrogen-bond donors (Lipinski definition) is 6. The van der Waals surface area contributed by atoms with Gasteiger partial charge in [-0.2, -0.15) is 0 Å². The summed E-state index contributed by atoms with van der Waals surface area (Å²) in [6, 6.07) is 3.47. The van der Waals surface area contributed by atoms with E-state index < -0.39 is 145 Å². The van der Waals surface area contributed by atoms with Crippen LogP contribution in [0.5, 0.6) is 11.5 Å². The minimum Gasteiger partial charge on any atom is -0.504 e. The molecule has 0 saturated carbocycles. The van der Waals surface area contributed by atoms with Crippen molar-refractivity contribution in [3.8, 4) is 11.5 Å². The number of aliphatic hydroxyl groups excluding tert-OH is 4. The lowest BCUT2D eigenvalue weighted by molar-refractivity contribution is -0.349. The number of aliphatic hydroxyl groups is 5. The standard InChI is InChI=1S/C35H42O22/c1-13(37)48-12-21-27(56-30(44)16-5-4-6-18(23(16)40)53-33-26(43)25(42)24(41)19(9-36)54-33)28(51-14(2)38)29(52-15(3)39)34(55-21)57-32-22(20-11-49-20)35(46)7-8-47-31(45)17(35)10-50-32/h4-6,10,19-22,24-29,32-34,36,40-43,46H,7-9,11-12H2,1-3H3/t19-,20-,21-,22-,24-,25-,26-,27+,28-,29+,32+,33-,34-,35+/m0/s1. The summed E-state index contributed by atoms with van der Waals surface area (Å²) in [5.41, 5.74) is -2.62. The molecule has 0 bridgehead atoms. The summed E-state index contributed by atoms with van der Waals surface area (Å²) >= 11 is 0. The molecule has 14 atom stereocenters. The molecule has 0 aromatic heterocycles. The summed E-state index contributed by atoms with van der Waals surface area (Å²) in [5.74, 6) is -7.31. The molecule has 5 aliphatic rings. The first kappa shape index (κ1) is 42.0. The van der Waals surface area contributed by atoms with Gasteiger partial charge in [0.15, 0.2) is 29.8 Å². The van der Waals surface area contributed by atoms with Crippen LogP contribution in [-0.2, 0) is 66.5 Å². The van der Waals surface area contributed by atoms with E-state index >= 15 is 0 Å². The molecule has 1 aromatic carbocycles. The highest BCUT2D eigenvalue weighted by Gasteiger charge is 2.62. The Morgan fingerprint density at radius 3 is 2.19 bits per heavy atom. The van der Waals surface area contributed by atoms with Crippen LogP contribution in [0.25, 0.3) is 0 Å². The van der Waals surface area contributed by atoms with Crippen molar-refractivity contribution in [3.05, 3.63) is 35.6 Å². The maximum Gasteiger partial charge on any atom is 0.342 e. The number of phenolic OH excluding ortho intramolecular Hbond substituents is 1. The van der Waals surface area contributed by atoms with Crippen molar-refractivity contribution in [1.82, 2.24) is 0 Å². The van der Waals surface area contributed by atoms with E-state index in [9.17, 15) is 54.6 Å². The van der Waals surface area contributed by atoms with Gasteiger partial charge in [0, 0.05) is 27.2 Å². The lowest BCUT2D eigenvalue weighted by atomic mass is 9.74. The van der Waals surface area contributed by atoms with E-state index in [2.05, 4.69) is 0 Å². The minimum absolute atomic E-state index is 0.0536. The maximum absolute atomic E-state index is 13.8. The molecule has 4 fully saturated rings. The molecule has 0 spiro atoms. The Morgan fingerprint density at radius 1 is 0.860 bits per heavy atom. The lowest BCUT2D eigenvalue weighted by Crippen LogP contribution is -2.64.